The van der Waals surface area contributed by atoms with E-state index in [1.54, 1.807) is 0 Å². The van der Waals surface area contributed by atoms with E-state index < -0.39 is 24.0 Å². The quantitative estimate of drug-likeness (QED) is 0.132. The van der Waals surface area contributed by atoms with Gasteiger partial charge in [0.25, 0.3) is 0 Å². The first-order chi connectivity index (χ1) is 12.5. The zero-order chi connectivity index (χ0) is 19.6. The molecule has 6 nitrogen and oxygen atoms in total. The predicted molar refractivity (Wildman–Crippen MR) is 118 cm³/mol. The van der Waals surface area contributed by atoms with Crippen molar-refractivity contribution in [1.82, 2.24) is 9.44 Å². The summed E-state index contributed by atoms with van der Waals surface area (Å²) in [6, 6.07) is -1.25. The van der Waals surface area contributed by atoms with Crippen molar-refractivity contribution in [2.24, 2.45) is 0 Å². The molecular formula is C16H32N2O4S4. The van der Waals surface area contributed by atoms with Crippen LogP contribution in [0.4, 0.5) is 0 Å². The maximum absolute atomic E-state index is 11.3. The number of nitrogens with one attached hydrogen (secondary N) is 2. The molecule has 0 bridgehead atoms. The summed E-state index contributed by atoms with van der Waals surface area (Å²) >= 11 is 2.91. The number of rotatable bonds is 19. The van der Waals surface area contributed by atoms with E-state index in [2.05, 4.69) is 23.3 Å². The number of carboxylic acid groups (broad SMARTS) is 2. The van der Waals surface area contributed by atoms with E-state index in [1.165, 1.54) is 45.5 Å². The molecule has 0 aromatic carbocycles. The maximum atomic E-state index is 11.3. The minimum Gasteiger partial charge on any atom is -0.480 e. The molecule has 0 aliphatic rings. The smallest absolute Gasteiger partial charge is 0.322 e. The number of carboxylic acids is 2. The summed E-state index contributed by atoms with van der Waals surface area (Å²) in [5, 5.41) is 18.5. The molecule has 2 unspecified atom stereocenters. The number of hydrogen-bond acceptors (Lipinski definition) is 8. The summed E-state index contributed by atoms with van der Waals surface area (Å²) in [7, 11) is 2.80. The van der Waals surface area contributed by atoms with Crippen LogP contribution in [0.2, 0.25) is 0 Å². The Labute approximate surface area is 173 Å². The highest BCUT2D eigenvalue weighted by Gasteiger charge is 2.20. The van der Waals surface area contributed by atoms with Crippen LogP contribution in [0, 0.1) is 0 Å². The number of unbranched alkanes of at least 4 members (excludes halogenated alkanes) is 4. The molecular weight excluding hydrogens is 412 g/mol. The van der Waals surface area contributed by atoms with Crippen LogP contribution >= 0.6 is 45.5 Å². The van der Waals surface area contributed by atoms with E-state index in [0.717, 1.165) is 50.0 Å². The Hall–Kier alpha value is 0.260. The standard InChI is InChI=1S/C16H32N2O4S4/c1-3-5-7-9-23-17-13(15(19)20)11-25-26-12-14(16(21)22)18-24-10-8-6-4-2/h13-14,17-18H,3-12H2,1-2H3,(H,19,20)(H,21,22). The van der Waals surface area contributed by atoms with Gasteiger partial charge in [0.05, 0.1) is 0 Å². The molecule has 0 aliphatic carbocycles. The summed E-state index contributed by atoms with van der Waals surface area (Å²) in [5.41, 5.74) is 0. The van der Waals surface area contributed by atoms with Gasteiger partial charge >= 0.3 is 11.9 Å². The van der Waals surface area contributed by atoms with E-state index in [4.69, 9.17) is 0 Å². The van der Waals surface area contributed by atoms with Crippen molar-refractivity contribution in [1.29, 1.82) is 0 Å². The zero-order valence-electron chi connectivity index (χ0n) is 15.6. The van der Waals surface area contributed by atoms with Crippen LogP contribution in [0.5, 0.6) is 0 Å². The van der Waals surface area contributed by atoms with Crippen molar-refractivity contribution in [3.05, 3.63) is 0 Å². The van der Waals surface area contributed by atoms with Crippen molar-refractivity contribution in [2.75, 3.05) is 23.0 Å². The highest BCUT2D eigenvalue weighted by molar-refractivity contribution is 8.76. The Morgan fingerprint density at radius 1 is 0.769 bits per heavy atom. The summed E-state index contributed by atoms with van der Waals surface area (Å²) in [4.78, 5) is 22.6. The lowest BCUT2D eigenvalue weighted by Gasteiger charge is -2.15. The van der Waals surface area contributed by atoms with Gasteiger partial charge in [-0.3, -0.25) is 9.59 Å². The molecule has 4 N–H and O–H groups in total. The van der Waals surface area contributed by atoms with Crippen LogP contribution < -0.4 is 9.44 Å². The van der Waals surface area contributed by atoms with Gasteiger partial charge in [-0.25, -0.2) is 9.44 Å². The molecule has 0 aliphatic heterocycles. The molecule has 0 fully saturated rings. The Morgan fingerprint density at radius 3 is 1.46 bits per heavy atom. The van der Waals surface area contributed by atoms with Crippen molar-refractivity contribution < 1.29 is 19.8 Å². The Bertz CT molecular complexity index is 344. The van der Waals surface area contributed by atoms with Gasteiger partial charge in [-0.15, -0.1) is 0 Å². The fraction of sp³-hybridized carbons (Fsp3) is 0.875. The van der Waals surface area contributed by atoms with Crippen LogP contribution in [0.3, 0.4) is 0 Å². The molecule has 10 heteroatoms. The first kappa shape index (κ1) is 26.3. The molecule has 0 amide bonds. The summed E-state index contributed by atoms with van der Waals surface area (Å²) < 4.78 is 5.98. The average Bonchev–Trinajstić information content (AvgIpc) is 2.60. The first-order valence-electron chi connectivity index (χ1n) is 8.97. The fourth-order valence-electron chi connectivity index (χ4n) is 1.71. The monoisotopic (exact) mass is 444 g/mol. The Balaban J connectivity index is 3.95. The normalized spacial score (nSPS) is 13.5. The van der Waals surface area contributed by atoms with E-state index >= 15 is 0 Å². The van der Waals surface area contributed by atoms with Crippen LogP contribution in [-0.4, -0.2) is 57.2 Å². The molecule has 0 spiro atoms. The minimum atomic E-state index is -0.875. The molecule has 154 valence electrons. The topological polar surface area (TPSA) is 98.7 Å². The lowest BCUT2D eigenvalue weighted by Crippen LogP contribution is -2.35. The third-order valence-electron chi connectivity index (χ3n) is 3.30. The number of carbonyl (C=O) groups is 2. The van der Waals surface area contributed by atoms with Gasteiger partial charge in [0.2, 0.25) is 0 Å². The Kier molecular flexibility index (Phi) is 18.8. The predicted octanol–water partition coefficient (Wildman–Crippen LogP) is 4.13. The van der Waals surface area contributed by atoms with Crippen LogP contribution in [0.25, 0.3) is 0 Å². The van der Waals surface area contributed by atoms with Gasteiger partial charge in [-0.2, -0.15) is 0 Å². The Morgan fingerprint density at radius 2 is 1.15 bits per heavy atom. The lowest BCUT2D eigenvalue weighted by molar-refractivity contribution is -0.139. The molecule has 0 aromatic rings. The largest absolute Gasteiger partial charge is 0.480 e. The minimum absolute atomic E-state index is 0.400. The van der Waals surface area contributed by atoms with Gasteiger partial charge < -0.3 is 10.2 Å². The van der Waals surface area contributed by atoms with Crippen LogP contribution in [0.15, 0.2) is 0 Å². The van der Waals surface area contributed by atoms with Gasteiger partial charge in [-0.05, 0) is 12.8 Å². The van der Waals surface area contributed by atoms with Crippen molar-refractivity contribution >= 4 is 57.4 Å². The van der Waals surface area contributed by atoms with Crippen LogP contribution in [-0.2, 0) is 9.59 Å². The summed E-state index contributed by atoms with van der Waals surface area (Å²) in [5.74, 6) is 0.847. The van der Waals surface area contributed by atoms with E-state index in [9.17, 15) is 19.8 Å². The fourth-order valence-corrected chi connectivity index (χ4v) is 5.94. The second-order valence-corrected chi connectivity index (χ2v) is 10.1. The molecule has 0 aromatic heterocycles. The van der Waals surface area contributed by atoms with Crippen molar-refractivity contribution in [2.45, 2.75) is 64.5 Å². The van der Waals surface area contributed by atoms with Crippen molar-refractivity contribution in [3.8, 4) is 0 Å². The van der Waals surface area contributed by atoms with E-state index in [-0.39, 0.29) is 0 Å². The van der Waals surface area contributed by atoms with Crippen LogP contribution in [0.1, 0.15) is 52.4 Å². The number of aliphatic carboxylic acids is 2. The highest BCUT2D eigenvalue weighted by Crippen LogP contribution is 2.24. The molecule has 0 rings (SSSR count). The average molecular weight is 445 g/mol. The SMILES string of the molecule is CCCCCSNC(CSSCC(NSCCCCC)C(=O)O)C(=O)O. The summed E-state index contributed by atoms with van der Waals surface area (Å²) in [6.07, 6.45) is 6.73. The van der Waals surface area contributed by atoms with Gasteiger partial charge in [-0.1, -0.05) is 85.0 Å². The summed E-state index contributed by atoms with van der Waals surface area (Å²) in [6.45, 7) is 4.27. The molecule has 0 radical (unpaired) electrons. The van der Waals surface area contributed by atoms with Crippen molar-refractivity contribution in [3.63, 3.8) is 0 Å². The van der Waals surface area contributed by atoms with Gasteiger partial charge in [0.15, 0.2) is 0 Å². The third kappa shape index (κ3) is 15.3. The second kappa shape index (κ2) is 18.6. The third-order valence-corrected chi connectivity index (χ3v) is 7.61. The molecule has 26 heavy (non-hydrogen) atoms. The molecule has 2 atom stereocenters. The molecule has 0 saturated heterocycles. The van der Waals surface area contributed by atoms with Gasteiger partial charge in [0, 0.05) is 23.0 Å². The highest BCUT2D eigenvalue weighted by atomic mass is 33.1. The lowest BCUT2D eigenvalue weighted by atomic mass is 10.3. The molecule has 0 heterocycles. The number of hydrogen-bond donors (Lipinski definition) is 4. The molecule has 0 saturated carbocycles. The van der Waals surface area contributed by atoms with E-state index in [0.29, 0.717) is 11.5 Å². The maximum Gasteiger partial charge on any atom is 0.322 e. The van der Waals surface area contributed by atoms with E-state index in [1.807, 2.05) is 0 Å². The zero-order valence-corrected chi connectivity index (χ0v) is 18.8. The van der Waals surface area contributed by atoms with Gasteiger partial charge in [0.1, 0.15) is 12.1 Å². The first-order valence-corrected chi connectivity index (χ1v) is 13.4. The second-order valence-electron chi connectivity index (χ2n) is 5.70.